The maximum atomic E-state index is 12.9. The molecule has 6 nitrogen and oxygen atoms in total. The number of carbonyl (C=O) groups is 3. The maximum Gasteiger partial charge on any atom is 0.306 e. The minimum atomic E-state index is -0.764. The number of carbonyl (C=O) groups excluding carboxylic acids is 3. The molecule has 0 radical (unpaired) electrons. The van der Waals surface area contributed by atoms with E-state index in [0.717, 1.165) is 57.8 Å². The molecule has 0 rings (SSSR count). The minimum Gasteiger partial charge on any atom is -0.462 e. The summed E-state index contributed by atoms with van der Waals surface area (Å²) in [6, 6.07) is 0. The lowest BCUT2D eigenvalue weighted by Crippen LogP contribution is -2.30. The van der Waals surface area contributed by atoms with Crippen molar-refractivity contribution in [2.24, 2.45) is 0 Å². The Balaban J connectivity index is 4.00. The van der Waals surface area contributed by atoms with Gasteiger partial charge in [-0.15, -0.1) is 0 Å². The summed E-state index contributed by atoms with van der Waals surface area (Å²) in [5, 5.41) is 0. The second kappa shape index (κ2) is 70.6. The molecule has 81 heavy (non-hydrogen) atoms. The summed E-state index contributed by atoms with van der Waals surface area (Å²) < 4.78 is 17.0. The summed E-state index contributed by atoms with van der Waals surface area (Å²) >= 11 is 0. The number of hydrogen-bond acceptors (Lipinski definition) is 6. The Morgan fingerprint density at radius 3 is 0.617 bits per heavy atom. The Morgan fingerprint density at radius 1 is 0.235 bits per heavy atom. The molecule has 0 heterocycles. The van der Waals surface area contributed by atoms with E-state index >= 15 is 0 Å². The van der Waals surface area contributed by atoms with Crippen molar-refractivity contribution in [2.45, 2.75) is 438 Å². The van der Waals surface area contributed by atoms with Gasteiger partial charge in [-0.05, 0) is 44.9 Å². The van der Waals surface area contributed by atoms with E-state index in [9.17, 15) is 14.4 Å². The van der Waals surface area contributed by atoms with Gasteiger partial charge in [0, 0.05) is 19.3 Å². The van der Waals surface area contributed by atoms with Crippen molar-refractivity contribution in [3.05, 3.63) is 12.2 Å². The largest absolute Gasteiger partial charge is 0.462 e. The molecule has 1 atom stereocenters. The van der Waals surface area contributed by atoms with Crippen molar-refractivity contribution in [2.75, 3.05) is 13.2 Å². The molecule has 0 aromatic rings. The van der Waals surface area contributed by atoms with Crippen LogP contribution in [0.5, 0.6) is 0 Å². The molecule has 6 heteroatoms. The fraction of sp³-hybridized carbons (Fsp3) is 0.933. The van der Waals surface area contributed by atoms with E-state index in [-0.39, 0.29) is 31.1 Å². The molecule has 0 aliphatic carbocycles. The molecular weight excluding hydrogens is 997 g/mol. The molecule has 0 saturated heterocycles. The van der Waals surface area contributed by atoms with Crippen molar-refractivity contribution in [3.63, 3.8) is 0 Å². The average Bonchev–Trinajstić information content (AvgIpc) is 3.47. The van der Waals surface area contributed by atoms with Crippen LogP contribution in [0.4, 0.5) is 0 Å². The van der Waals surface area contributed by atoms with Gasteiger partial charge >= 0.3 is 17.9 Å². The number of unbranched alkanes of at least 4 members (excludes halogenated alkanes) is 57. The molecular formula is C75H144O6. The molecule has 0 aliphatic heterocycles. The van der Waals surface area contributed by atoms with Gasteiger partial charge in [-0.2, -0.15) is 0 Å². The summed E-state index contributed by atoms with van der Waals surface area (Å²) in [7, 11) is 0. The van der Waals surface area contributed by atoms with Gasteiger partial charge in [0.05, 0.1) is 0 Å². The summed E-state index contributed by atoms with van der Waals surface area (Å²) in [4.78, 5) is 38.3. The van der Waals surface area contributed by atoms with Crippen LogP contribution in [0.2, 0.25) is 0 Å². The summed E-state index contributed by atoms with van der Waals surface area (Å²) in [6.07, 6.45) is 85.7. The molecule has 0 bridgehead atoms. The van der Waals surface area contributed by atoms with Gasteiger partial charge in [-0.1, -0.05) is 380 Å². The monoisotopic (exact) mass is 1140 g/mol. The van der Waals surface area contributed by atoms with Crippen LogP contribution in [0.1, 0.15) is 432 Å². The highest BCUT2D eigenvalue weighted by atomic mass is 16.6. The molecule has 1 unspecified atom stereocenters. The van der Waals surface area contributed by atoms with Crippen LogP contribution in [0.25, 0.3) is 0 Å². The van der Waals surface area contributed by atoms with E-state index in [1.54, 1.807) is 0 Å². The highest BCUT2D eigenvalue weighted by Crippen LogP contribution is 2.19. The van der Waals surface area contributed by atoms with E-state index < -0.39 is 6.10 Å². The molecule has 0 N–H and O–H groups in total. The Hall–Kier alpha value is -1.85. The smallest absolute Gasteiger partial charge is 0.306 e. The van der Waals surface area contributed by atoms with Crippen LogP contribution in [-0.4, -0.2) is 37.2 Å². The Bertz CT molecular complexity index is 1260. The molecule has 0 aromatic carbocycles. The van der Waals surface area contributed by atoms with E-state index in [2.05, 4.69) is 32.9 Å². The maximum absolute atomic E-state index is 12.9. The summed E-state index contributed by atoms with van der Waals surface area (Å²) in [5.74, 6) is -0.829. The number of rotatable bonds is 70. The number of allylic oxidation sites excluding steroid dienone is 2. The first kappa shape index (κ1) is 79.2. The number of ether oxygens (including phenoxy) is 3. The Kier molecular flexibility index (Phi) is 69.0. The van der Waals surface area contributed by atoms with Gasteiger partial charge < -0.3 is 14.2 Å². The van der Waals surface area contributed by atoms with Crippen LogP contribution in [0.3, 0.4) is 0 Å². The molecule has 480 valence electrons. The van der Waals surface area contributed by atoms with Gasteiger partial charge in [0.2, 0.25) is 0 Å². The van der Waals surface area contributed by atoms with Crippen molar-refractivity contribution in [3.8, 4) is 0 Å². The van der Waals surface area contributed by atoms with Crippen molar-refractivity contribution in [1.29, 1.82) is 0 Å². The lowest BCUT2D eigenvalue weighted by Gasteiger charge is -2.18. The molecule has 0 spiro atoms. The van der Waals surface area contributed by atoms with Crippen LogP contribution < -0.4 is 0 Å². The average molecular weight is 1140 g/mol. The molecule has 0 amide bonds. The van der Waals surface area contributed by atoms with Crippen molar-refractivity contribution >= 4 is 17.9 Å². The van der Waals surface area contributed by atoms with Gasteiger partial charge in [0.15, 0.2) is 6.10 Å². The van der Waals surface area contributed by atoms with E-state index in [1.807, 2.05) is 0 Å². The van der Waals surface area contributed by atoms with Gasteiger partial charge in [-0.3, -0.25) is 14.4 Å². The first-order valence-electron chi connectivity index (χ1n) is 37.2. The first-order valence-corrected chi connectivity index (χ1v) is 37.2. The molecule has 0 aliphatic rings. The van der Waals surface area contributed by atoms with E-state index in [1.165, 1.54) is 334 Å². The lowest BCUT2D eigenvalue weighted by molar-refractivity contribution is -0.167. The third kappa shape index (κ3) is 68.8. The van der Waals surface area contributed by atoms with Crippen LogP contribution in [0.15, 0.2) is 12.2 Å². The topological polar surface area (TPSA) is 78.9 Å². The second-order valence-electron chi connectivity index (χ2n) is 25.6. The molecule has 0 fully saturated rings. The molecule has 0 saturated carbocycles. The lowest BCUT2D eigenvalue weighted by atomic mass is 10.0. The second-order valence-corrected chi connectivity index (χ2v) is 25.6. The third-order valence-electron chi connectivity index (χ3n) is 17.3. The van der Waals surface area contributed by atoms with Gasteiger partial charge in [0.25, 0.3) is 0 Å². The van der Waals surface area contributed by atoms with Crippen LogP contribution >= 0.6 is 0 Å². The van der Waals surface area contributed by atoms with Crippen LogP contribution in [0, 0.1) is 0 Å². The minimum absolute atomic E-state index is 0.0620. The third-order valence-corrected chi connectivity index (χ3v) is 17.3. The molecule has 0 aromatic heterocycles. The summed E-state index contributed by atoms with van der Waals surface area (Å²) in [6.45, 7) is 6.71. The van der Waals surface area contributed by atoms with Crippen LogP contribution in [-0.2, 0) is 28.6 Å². The quantitative estimate of drug-likeness (QED) is 0.0261. The van der Waals surface area contributed by atoms with Gasteiger partial charge in [0.1, 0.15) is 13.2 Å². The Morgan fingerprint density at radius 2 is 0.407 bits per heavy atom. The normalized spacial score (nSPS) is 12.0. The predicted octanol–water partition coefficient (Wildman–Crippen LogP) is 25.6. The SMILES string of the molecule is CCCCCCCCCC/C=C\CCCCCCCCCCCCCCCCCCCCCCCC(=O)OCC(COC(=O)CCCCCCCCCCC)OC(=O)CCCCCCCCCCCCCCCCCCCCCCC. The zero-order chi connectivity index (χ0) is 58.5. The summed E-state index contributed by atoms with van der Waals surface area (Å²) in [5.41, 5.74) is 0. The zero-order valence-electron chi connectivity index (χ0n) is 55.4. The van der Waals surface area contributed by atoms with Gasteiger partial charge in [-0.25, -0.2) is 0 Å². The predicted molar refractivity (Wildman–Crippen MR) is 353 cm³/mol. The first-order chi connectivity index (χ1) is 40.0. The highest BCUT2D eigenvalue weighted by molar-refractivity contribution is 5.71. The van der Waals surface area contributed by atoms with E-state index in [4.69, 9.17) is 14.2 Å². The standard InChI is InChI=1S/C75H144O6/c1-4-7-10-13-16-19-21-23-25-27-29-31-32-33-34-35-36-37-38-39-40-41-42-44-45-47-49-51-53-56-59-62-65-68-74(77)80-71-72(70-79-73(76)67-64-61-58-55-18-15-12-9-6-3)81-75(78)69-66-63-60-57-54-52-50-48-46-43-30-28-26-24-22-20-17-14-11-8-5-2/h27,29,72H,4-26,28,30-71H2,1-3H3/b29-27-. The number of hydrogen-bond donors (Lipinski definition) is 0. The fourth-order valence-electron chi connectivity index (χ4n) is 11.7. The Labute approximate surface area is 507 Å². The van der Waals surface area contributed by atoms with Crippen molar-refractivity contribution in [1.82, 2.24) is 0 Å². The zero-order valence-corrected chi connectivity index (χ0v) is 55.4. The van der Waals surface area contributed by atoms with Crippen molar-refractivity contribution < 1.29 is 28.6 Å². The number of esters is 3. The fourth-order valence-corrected chi connectivity index (χ4v) is 11.7. The highest BCUT2D eigenvalue weighted by Gasteiger charge is 2.20. The van der Waals surface area contributed by atoms with E-state index in [0.29, 0.717) is 19.3 Å².